The van der Waals surface area contributed by atoms with E-state index in [-0.39, 0.29) is 4.90 Å². The predicted molar refractivity (Wildman–Crippen MR) is 81.8 cm³/mol. The molecule has 106 valence electrons. The van der Waals surface area contributed by atoms with Gasteiger partial charge in [0.05, 0.1) is 10.6 Å². The minimum absolute atomic E-state index is 0.110. The minimum atomic E-state index is -3.64. The van der Waals surface area contributed by atoms with Crippen molar-refractivity contribution in [1.82, 2.24) is 4.98 Å². The number of primary sulfonamides is 1. The maximum Gasteiger partial charge on any atom is 0.238 e. The van der Waals surface area contributed by atoms with Crippen LogP contribution in [0.2, 0.25) is 0 Å². The Bertz CT molecular complexity index is 715. The first-order valence-electron chi connectivity index (χ1n) is 5.85. The van der Waals surface area contributed by atoms with Crippen LogP contribution in [-0.4, -0.2) is 13.4 Å². The average Bonchev–Trinajstić information content (AvgIpc) is 2.40. The summed E-state index contributed by atoms with van der Waals surface area (Å²) < 4.78 is 23.2. The Hall–Kier alpha value is -1.44. The fraction of sp³-hybridized carbons (Fsp3) is 0.154. The van der Waals surface area contributed by atoms with Crippen molar-refractivity contribution in [3.05, 3.63) is 52.1 Å². The van der Waals surface area contributed by atoms with E-state index in [1.165, 1.54) is 12.1 Å². The molecule has 7 heteroatoms. The number of rotatable bonds is 4. The zero-order valence-corrected chi connectivity index (χ0v) is 13.2. The second-order valence-electron chi connectivity index (χ2n) is 4.31. The SMILES string of the molecule is Cc1nc(NCc2ccc(S(N)(=O)=O)cc2)ccc1Br. The van der Waals surface area contributed by atoms with Gasteiger partial charge in [-0.1, -0.05) is 12.1 Å². The highest BCUT2D eigenvalue weighted by molar-refractivity contribution is 9.10. The summed E-state index contributed by atoms with van der Waals surface area (Å²) in [5.41, 5.74) is 1.85. The van der Waals surface area contributed by atoms with Gasteiger partial charge in [0.2, 0.25) is 10.0 Å². The lowest BCUT2D eigenvalue weighted by Gasteiger charge is -2.08. The largest absolute Gasteiger partial charge is 0.366 e. The van der Waals surface area contributed by atoms with E-state index in [0.29, 0.717) is 6.54 Å². The molecule has 0 spiro atoms. The molecule has 0 atom stereocenters. The molecular weight excluding hydrogens is 342 g/mol. The van der Waals surface area contributed by atoms with Gasteiger partial charge in [0.25, 0.3) is 0 Å². The Balaban J connectivity index is 2.06. The number of hydrogen-bond acceptors (Lipinski definition) is 4. The minimum Gasteiger partial charge on any atom is -0.366 e. The Morgan fingerprint density at radius 2 is 1.85 bits per heavy atom. The van der Waals surface area contributed by atoms with E-state index in [2.05, 4.69) is 26.2 Å². The molecule has 0 radical (unpaired) electrons. The van der Waals surface area contributed by atoms with E-state index in [9.17, 15) is 8.42 Å². The van der Waals surface area contributed by atoms with Crippen molar-refractivity contribution in [2.45, 2.75) is 18.4 Å². The van der Waals surface area contributed by atoms with E-state index in [1.807, 2.05) is 19.1 Å². The number of nitrogens with two attached hydrogens (primary N) is 1. The van der Waals surface area contributed by atoms with Crippen LogP contribution < -0.4 is 10.5 Å². The molecule has 2 rings (SSSR count). The molecule has 1 aromatic heterocycles. The maximum atomic E-state index is 11.1. The van der Waals surface area contributed by atoms with Crippen LogP contribution >= 0.6 is 15.9 Å². The van der Waals surface area contributed by atoms with E-state index < -0.39 is 10.0 Å². The quantitative estimate of drug-likeness (QED) is 0.881. The number of benzene rings is 1. The highest BCUT2D eigenvalue weighted by Gasteiger charge is 2.06. The Morgan fingerprint density at radius 3 is 2.40 bits per heavy atom. The monoisotopic (exact) mass is 355 g/mol. The van der Waals surface area contributed by atoms with Gasteiger partial charge in [0.1, 0.15) is 5.82 Å². The van der Waals surface area contributed by atoms with E-state index in [1.54, 1.807) is 12.1 Å². The van der Waals surface area contributed by atoms with Crippen LogP contribution in [-0.2, 0) is 16.6 Å². The number of nitrogens with zero attached hydrogens (tertiary/aromatic N) is 1. The predicted octanol–water partition coefficient (Wildman–Crippen LogP) is 2.41. The lowest BCUT2D eigenvalue weighted by Crippen LogP contribution is -2.12. The molecule has 20 heavy (non-hydrogen) atoms. The number of halogens is 1. The van der Waals surface area contributed by atoms with Crippen molar-refractivity contribution in [2.75, 3.05) is 5.32 Å². The van der Waals surface area contributed by atoms with Gasteiger partial charge >= 0.3 is 0 Å². The van der Waals surface area contributed by atoms with E-state index in [4.69, 9.17) is 5.14 Å². The molecule has 1 aromatic carbocycles. The van der Waals surface area contributed by atoms with Gasteiger partial charge < -0.3 is 5.32 Å². The first-order chi connectivity index (χ1) is 9.36. The van der Waals surface area contributed by atoms with Crippen LogP contribution in [0.5, 0.6) is 0 Å². The third kappa shape index (κ3) is 3.78. The van der Waals surface area contributed by atoms with Gasteiger partial charge in [-0.3, -0.25) is 0 Å². The molecule has 0 amide bonds. The van der Waals surface area contributed by atoms with Gasteiger partial charge in [-0.05, 0) is 52.7 Å². The number of nitrogens with one attached hydrogen (secondary N) is 1. The molecule has 0 saturated heterocycles. The molecule has 5 nitrogen and oxygen atoms in total. The highest BCUT2D eigenvalue weighted by atomic mass is 79.9. The summed E-state index contributed by atoms with van der Waals surface area (Å²) in [6.45, 7) is 2.47. The Kier molecular flexibility index (Phi) is 4.42. The van der Waals surface area contributed by atoms with Crippen LogP contribution in [0.4, 0.5) is 5.82 Å². The van der Waals surface area contributed by atoms with Crippen LogP contribution in [0.15, 0.2) is 45.8 Å². The molecular formula is C13H14BrN3O2S. The van der Waals surface area contributed by atoms with Crippen LogP contribution in [0, 0.1) is 6.92 Å². The standard InChI is InChI=1S/C13H14BrN3O2S/c1-9-12(14)6-7-13(17-9)16-8-10-2-4-11(5-3-10)20(15,18)19/h2-7H,8H2,1H3,(H,16,17)(H2,15,18,19). The number of aryl methyl sites for hydroxylation is 1. The molecule has 0 fully saturated rings. The lowest BCUT2D eigenvalue weighted by atomic mass is 10.2. The van der Waals surface area contributed by atoms with Crippen molar-refractivity contribution in [3.8, 4) is 0 Å². The molecule has 0 aliphatic heterocycles. The van der Waals surface area contributed by atoms with Crippen molar-refractivity contribution in [3.63, 3.8) is 0 Å². The molecule has 0 saturated carbocycles. The van der Waals surface area contributed by atoms with Crippen molar-refractivity contribution in [1.29, 1.82) is 0 Å². The molecule has 2 aromatic rings. The summed E-state index contributed by atoms with van der Waals surface area (Å²) in [5.74, 6) is 0.765. The fourth-order valence-corrected chi connectivity index (χ4v) is 2.37. The summed E-state index contributed by atoms with van der Waals surface area (Å²) in [4.78, 5) is 4.48. The fourth-order valence-electron chi connectivity index (χ4n) is 1.63. The summed E-state index contributed by atoms with van der Waals surface area (Å²) in [6.07, 6.45) is 0. The lowest BCUT2D eigenvalue weighted by molar-refractivity contribution is 0.598. The van der Waals surface area contributed by atoms with Gasteiger partial charge in [-0.15, -0.1) is 0 Å². The summed E-state index contributed by atoms with van der Waals surface area (Å²) in [5, 5.41) is 8.22. The molecule has 0 aliphatic carbocycles. The second-order valence-corrected chi connectivity index (χ2v) is 6.72. The van der Waals surface area contributed by atoms with E-state index >= 15 is 0 Å². The van der Waals surface area contributed by atoms with Crippen LogP contribution in [0.3, 0.4) is 0 Å². The van der Waals surface area contributed by atoms with Gasteiger partial charge in [-0.2, -0.15) is 0 Å². The van der Waals surface area contributed by atoms with Gasteiger partial charge in [0.15, 0.2) is 0 Å². The summed E-state index contributed by atoms with van der Waals surface area (Å²) >= 11 is 3.39. The molecule has 0 bridgehead atoms. The topological polar surface area (TPSA) is 85.1 Å². The van der Waals surface area contributed by atoms with E-state index in [0.717, 1.165) is 21.5 Å². The number of aromatic nitrogens is 1. The molecule has 0 aliphatic rings. The van der Waals surface area contributed by atoms with Crippen molar-refractivity contribution < 1.29 is 8.42 Å². The third-order valence-electron chi connectivity index (χ3n) is 2.75. The smallest absolute Gasteiger partial charge is 0.238 e. The van der Waals surface area contributed by atoms with Gasteiger partial charge in [-0.25, -0.2) is 18.5 Å². The first kappa shape index (κ1) is 15.0. The average molecular weight is 356 g/mol. The molecule has 3 N–H and O–H groups in total. The summed E-state index contributed by atoms with van der Waals surface area (Å²) in [6, 6.07) is 10.2. The molecule has 0 unspecified atom stereocenters. The normalized spacial score (nSPS) is 11.3. The van der Waals surface area contributed by atoms with Crippen molar-refractivity contribution in [2.24, 2.45) is 5.14 Å². The Morgan fingerprint density at radius 1 is 1.20 bits per heavy atom. The van der Waals surface area contributed by atoms with Crippen LogP contribution in [0.25, 0.3) is 0 Å². The highest BCUT2D eigenvalue weighted by Crippen LogP contribution is 2.17. The Labute approximate surface area is 126 Å². The number of anilines is 1. The summed E-state index contributed by atoms with van der Waals surface area (Å²) in [7, 11) is -3.64. The number of pyridine rings is 1. The second kappa shape index (κ2) is 5.90. The number of hydrogen-bond donors (Lipinski definition) is 2. The van der Waals surface area contributed by atoms with Crippen LogP contribution in [0.1, 0.15) is 11.3 Å². The zero-order valence-electron chi connectivity index (χ0n) is 10.8. The molecule has 1 heterocycles. The van der Waals surface area contributed by atoms with Gasteiger partial charge in [0, 0.05) is 11.0 Å². The zero-order chi connectivity index (χ0) is 14.8. The third-order valence-corrected chi connectivity index (χ3v) is 4.51. The first-order valence-corrected chi connectivity index (χ1v) is 8.19. The van der Waals surface area contributed by atoms with Crippen molar-refractivity contribution >= 4 is 31.8 Å². The maximum absolute atomic E-state index is 11.1. The number of sulfonamides is 1.